The summed E-state index contributed by atoms with van der Waals surface area (Å²) in [4.78, 5) is 0. The van der Waals surface area contributed by atoms with Crippen LogP contribution in [0.5, 0.6) is 0 Å². The van der Waals surface area contributed by atoms with Crippen LogP contribution in [0.25, 0.3) is 0 Å². The van der Waals surface area contributed by atoms with E-state index in [-0.39, 0.29) is 0 Å². The molecule has 0 fully saturated rings. The first-order valence-electron chi connectivity index (χ1n) is 5.00. The zero-order valence-corrected chi connectivity index (χ0v) is 12.4. The minimum Gasteiger partial charge on any atom is -0.146 e. The van der Waals surface area contributed by atoms with Gasteiger partial charge in [-0.2, -0.15) is 0 Å². The van der Waals surface area contributed by atoms with Crippen molar-refractivity contribution < 1.29 is 0 Å². The zero-order chi connectivity index (χ0) is 10.2. The Bertz CT molecular complexity index is 115. The molecule has 0 aromatic heterocycles. The van der Waals surface area contributed by atoms with Crippen molar-refractivity contribution in [1.29, 1.82) is 0 Å². The molecule has 0 aliphatic heterocycles. The Morgan fingerprint density at radius 1 is 0.923 bits per heavy atom. The molecular formula is C9H19BrCl2Si. The summed E-state index contributed by atoms with van der Waals surface area (Å²) in [5.74, 6) is 0. The summed E-state index contributed by atoms with van der Waals surface area (Å²) in [6.07, 6.45) is 7.85. The number of alkyl halides is 1. The molecule has 0 unspecified atom stereocenters. The fourth-order valence-electron chi connectivity index (χ4n) is 1.24. The van der Waals surface area contributed by atoms with E-state index in [4.69, 9.17) is 22.2 Å². The van der Waals surface area contributed by atoms with Gasteiger partial charge in [0, 0.05) is 5.33 Å². The molecule has 13 heavy (non-hydrogen) atoms. The maximum atomic E-state index is 5.99. The predicted octanol–water partition coefficient (Wildman–Crippen LogP) is 5.27. The number of rotatable bonds is 8. The normalized spacial score (nSPS) is 12.0. The van der Waals surface area contributed by atoms with Crippen LogP contribution >= 0.6 is 38.1 Å². The maximum Gasteiger partial charge on any atom is 0.248 e. The highest BCUT2D eigenvalue weighted by atomic mass is 79.9. The molecule has 0 radical (unpaired) electrons. The molecular weight excluding hydrogens is 287 g/mol. The fraction of sp³-hybridized carbons (Fsp3) is 1.00. The van der Waals surface area contributed by atoms with E-state index in [1.165, 1.54) is 38.5 Å². The second kappa shape index (κ2) is 8.57. The lowest BCUT2D eigenvalue weighted by Gasteiger charge is -2.08. The van der Waals surface area contributed by atoms with Gasteiger partial charge in [0.1, 0.15) is 0 Å². The molecule has 0 nitrogen and oxygen atoms in total. The third kappa shape index (κ3) is 13.3. The van der Waals surface area contributed by atoms with E-state index in [1.807, 2.05) is 6.55 Å². The van der Waals surface area contributed by atoms with E-state index < -0.39 is 6.69 Å². The van der Waals surface area contributed by atoms with Gasteiger partial charge in [0.15, 0.2) is 0 Å². The first-order valence-corrected chi connectivity index (χ1v) is 10.9. The molecule has 0 aromatic carbocycles. The van der Waals surface area contributed by atoms with Crippen LogP contribution < -0.4 is 0 Å². The Morgan fingerprint density at radius 2 is 1.38 bits per heavy atom. The largest absolute Gasteiger partial charge is 0.248 e. The van der Waals surface area contributed by atoms with E-state index in [0.29, 0.717) is 0 Å². The van der Waals surface area contributed by atoms with Crippen molar-refractivity contribution in [2.45, 2.75) is 51.1 Å². The van der Waals surface area contributed by atoms with Crippen LogP contribution in [0.4, 0.5) is 0 Å². The standard InChI is InChI=1S/C9H19BrCl2Si/c1-13(11,12)9-7-5-3-2-4-6-8-10/h2-9H2,1H3. The highest BCUT2D eigenvalue weighted by molar-refractivity contribution is 9.09. The van der Waals surface area contributed by atoms with Crippen LogP contribution in [-0.2, 0) is 0 Å². The van der Waals surface area contributed by atoms with Gasteiger partial charge < -0.3 is 0 Å². The van der Waals surface area contributed by atoms with Crippen LogP contribution in [0.2, 0.25) is 12.6 Å². The van der Waals surface area contributed by atoms with Gasteiger partial charge in [-0.3, -0.25) is 0 Å². The second-order valence-corrected chi connectivity index (χ2v) is 12.6. The fourth-order valence-corrected chi connectivity index (χ4v) is 3.31. The molecule has 0 amide bonds. The highest BCUT2D eigenvalue weighted by Gasteiger charge is 2.19. The van der Waals surface area contributed by atoms with Crippen LogP contribution in [0.15, 0.2) is 0 Å². The van der Waals surface area contributed by atoms with E-state index in [2.05, 4.69) is 15.9 Å². The molecule has 0 bridgehead atoms. The topological polar surface area (TPSA) is 0 Å². The first-order chi connectivity index (χ1) is 6.06. The van der Waals surface area contributed by atoms with Crippen molar-refractivity contribution in [3.8, 4) is 0 Å². The molecule has 0 spiro atoms. The van der Waals surface area contributed by atoms with Gasteiger partial charge in [-0.25, -0.2) is 0 Å². The zero-order valence-electron chi connectivity index (χ0n) is 8.29. The van der Waals surface area contributed by atoms with Gasteiger partial charge in [-0.05, 0) is 19.0 Å². The number of halogens is 3. The summed E-state index contributed by atoms with van der Waals surface area (Å²) in [7, 11) is 0. The van der Waals surface area contributed by atoms with E-state index in [9.17, 15) is 0 Å². The maximum absolute atomic E-state index is 5.99. The molecule has 0 aliphatic rings. The van der Waals surface area contributed by atoms with Crippen LogP contribution in [0.1, 0.15) is 38.5 Å². The quantitative estimate of drug-likeness (QED) is 0.248. The minimum absolute atomic E-state index is 1.05. The lowest BCUT2D eigenvalue weighted by atomic mass is 10.1. The Morgan fingerprint density at radius 3 is 1.85 bits per heavy atom. The SMILES string of the molecule is C[Si](Cl)(Cl)CCCCCCCCBr. The van der Waals surface area contributed by atoms with Gasteiger partial charge in [0.25, 0.3) is 0 Å². The average molecular weight is 306 g/mol. The van der Waals surface area contributed by atoms with Gasteiger partial charge in [-0.1, -0.05) is 48.0 Å². The summed E-state index contributed by atoms with van der Waals surface area (Å²) < 4.78 is 0. The monoisotopic (exact) mass is 304 g/mol. The van der Waals surface area contributed by atoms with E-state index >= 15 is 0 Å². The predicted molar refractivity (Wildman–Crippen MR) is 69.6 cm³/mol. The van der Waals surface area contributed by atoms with Gasteiger partial charge >= 0.3 is 0 Å². The summed E-state index contributed by atoms with van der Waals surface area (Å²) >= 11 is 15.4. The molecule has 80 valence electrons. The van der Waals surface area contributed by atoms with Gasteiger partial charge in [0.05, 0.1) is 0 Å². The Balaban J connectivity index is 3.00. The number of unbranched alkanes of at least 4 members (excludes halogenated alkanes) is 5. The second-order valence-electron chi connectivity index (χ2n) is 3.63. The minimum atomic E-state index is -1.80. The molecule has 0 aromatic rings. The Kier molecular flexibility index (Phi) is 9.42. The third-order valence-corrected chi connectivity index (χ3v) is 4.93. The lowest BCUT2D eigenvalue weighted by molar-refractivity contribution is 0.626. The molecule has 0 aliphatic carbocycles. The average Bonchev–Trinajstić information content (AvgIpc) is 2.01. The van der Waals surface area contributed by atoms with Gasteiger partial charge in [0.2, 0.25) is 6.69 Å². The van der Waals surface area contributed by atoms with E-state index in [1.54, 1.807) is 0 Å². The molecule has 0 saturated carbocycles. The van der Waals surface area contributed by atoms with Crippen LogP contribution in [0, 0.1) is 0 Å². The lowest BCUT2D eigenvalue weighted by Crippen LogP contribution is -2.11. The van der Waals surface area contributed by atoms with Gasteiger partial charge in [-0.15, -0.1) is 22.2 Å². The van der Waals surface area contributed by atoms with Crippen LogP contribution in [0.3, 0.4) is 0 Å². The molecule has 0 saturated heterocycles. The smallest absolute Gasteiger partial charge is 0.146 e. The van der Waals surface area contributed by atoms with Crippen molar-refractivity contribution in [3.05, 3.63) is 0 Å². The Hall–Kier alpha value is 1.28. The highest BCUT2D eigenvalue weighted by Crippen LogP contribution is 2.23. The number of hydrogen-bond donors (Lipinski definition) is 0. The number of hydrogen-bond acceptors (Lipinski definition) is 0. The molecule has 0 rings (SSSR count). The van der Waals surface area contributed by atoms with Crippen molar-refractivity contribution in [1.82, 2.24) is 0 Å². The summed E-state index contributed by atoms with van der Waals surface area (Å²) in [5, 5.41) is 1.14. The van der Waals surface area contributed by atoms with Crippen molar-refractivity contribution in [3.63, 3.8) is 0 Å². The van der Waals surface area contributed by atoms with Crippen molar-refractivity contribution >= 4 is 44.8 Å². The summed E-state index contributed by atoms with van der Waals surface area (Å²) in [5.41, 5.74) is 0. The Labute approximate surface area is 101 Å². The molecule has 0 heterocycles. The third-order valence-electron chi connectivity index (χ3n) is 2.00. The molecule has 0 atom stereocenters. The van der Waals surface area contributed by atoms with Crippen molar-refractivity contribution in [2.24, 2.45) is 0 Å². The summed E-state index contributed by atoms with van der Waals surface area (Å²) in [6.45, 7) is 0.205. The molecule has 0 N–H and O–H groups in total. The van der Waals surface area contributed by atoms with E-state index in [0.717, 1.165) is 11.4 Å². The molecule has 4 heteroatoms. The summed E-state index contributed by atoms with van der Waals surface area (Å²) in [6, 6.07) is 1.05. The van der Waals surface area contributed by atoms with Crippen molar-refractivity contribution in [2.75, 3.05) is 5.33 Å². The van der Waals surface area contributed by atoms with Crippen LogP contribution in [-0.4, -0.2) is 12.0 Å². The first kappa shape index (κ1) is 14.3.